The van der Waals surface area contributed by atoms with Crippen molar-refractivity contribution in [2.45, 2.75) is 32.9 Å². The van der Waals surface area contributed by atoms with E-state index in [1.165, 1.54) is 0 Å². The Labute approximate surface area is 166 Å². The van der Waals surface area contributed by atoms with Gasteiger partial charge in [-0.3, -0.25) is 9.48 Å². The van der Waals surface area contributed by atoms with Crippen LogP contribution in [0.5, 0.6) is 0 Å². The lowest BCUT2D eigenvalue weighted by Gasteiger charge is -2.19. The van der Waals surface area contributed by atoms with Crippen molar-refractivity contribution in [3.63, 3.8) is 0 Å². The number of amides is 1. The number of aromatic nitrogens is 2. The Bertz CT molecular complexity index is 836. The summed E-state index contributed by atoms with van der Waals surface area (Å²) >= 11 is 0. The lowest BCUT2D eigenvalue weighted by Crippen LogP contribution is -2.30. The number of hydrogen-bond donors (Lipinski definition) is 1. The number of benzene rings is 2. The zero-order chi connectivity index (χ0) is 19.8. The smallest absolute Gasteiger partial charge is 0.246 e. The number of carbonyl (C=O) groups is 1. The van der Waals surface area contributed by atoms with E-state index in [2.05, 4.69) is 16.5 Å². The van der Waals surface area contributed by atoms with Crippen LogP contribution in [0.25, 0.3) is 0 Å². The van der Waals surface area contributed by atoms with Gasteiger partial charge in [-0.1, -0.05) is 60.7 Å². The predicted molar refractivity (Wildman–Crippen MR) is 110 cm³/mol. The molecule has 0 unspecified atom stereocenters. The molecule has 0 spiro atoms. The normalized spacial score (nSPS) is 11.0. The first kappa shape index (κ1) is 19.8. The maximum absolute atomic E-state index is 12.2. The first-order valence-corrected chi connectivity index (χ1v) is 9.63. The van der Waals surface area contributed by atoms with Crippen molar-refractivity contribution >= 4 is 5.91 Å². The third kappa shape index (κ3) is 5.54. The van der Waals surface area contributed by atoms with Gasteiger partial charge in [0, 0.05) is 18.8 Å². The molecular formula is C23H27N3O2. The first-order chi connectivity index (χ1) is 13.6. The number of rotatable bonds is 9. The Morgan fingerprint density at radius 1 is 1.04 bits per heavy atom. The summed E-state index contributed by atoms with van der Waals surface area (Å²) in [6, 6.07) is 22.0. The van der Waals surface area contributed by atoms with Gasteiger partial charge in [-0.25, -0.2) is 0 Å². The first-order valence-electron chi connectivity index (χ1n) is 9.63. The Balaban J connectivity index is 1.49. The lowest BCUT2D eigenvalue weighted by atomic mass is 10.0. The number of aryl methyl sites for hydroxylation is 3. The number of hydrogen-bond acceptors (Lipinski definition) is 3. The molecule has 0 fully saturated rings. The van der Waals surface area contributed by atoms with Crippen molar-refractivity contribution in [3.8, 4) is 0 Å². The van der Waals surface area contributed by atoms with Gasteiger partial charge in [0.05, 0.1) is 5.69 Å². The number of ether oxygens (including phenoxy) is 1. The molecule has 3 aromatic rings. The third-order valence-electron chi connectivity index (χ3n) is 4.56. The molecule has 0 saturated heterocycles. The van der Waals surface area contributed by atoms with Crippen LogP contribution in [0.4, 0.5) is 0 Å². The standard InChI is InChI=1S/C23H27N3O2/c1-18-16-19(2)26(25-18)15-9-14-24-22(27)17-28-23(20-10-5-3-6-11-20)21-12-7-4-8-13-21/h3-8,10-13,16,23H,9,14-15,17H2,1-2H3,(H,24,27). The molecule has 5 nitrogen and oxygen atoms in total. The summed E-state index contributed by atoms with van der Waals surface area (Å²) in [5, 5.41) is 7.37. The van der Waals surface area contributed by atoms with Crippen molar-refractivity contribution < 1.29 is 9.53 Å². The summed E-state index contributed by atoms with van der Waals surface area (Å²) in [6.45, 7) is 5.44. The Morgan fingerprint density at radius 2 is 1.64 bits per heavy atom. The molecule has 1 heterocycles. The van der Waals surface area contributed by atoms with E-state index in [9.17, 15) is 4.79 Å². The zero-order valence-electron chi connectivity index (χ0n) is 16.5. The molecule has 0 aliphatic carbocycles. The average Bonchev–Trinajstić information content (AvgIpc) is 3.04. The highest BCUT2D eigenvalue weighted by atomic mass is 16.5. The van der Waals surface area contributed by atoms with Gasteiger partial charge in [0.25, 0.3) is 0 Å². The van der Waals surface area contributed by atoms with Gasteiger partial charge in [-0.15, -0.1) is 0 Å². The maximum atomic E-state index is 12.2. The van der Waals surface area contributed by atoms with Crippen LogP contribution < -0.4 is 5.32 Å². The highest BCUT2D eigenvalue weighted by Crippen LogP contribution is 2.25. The fraction of sp³-hybridized carbons (Fsp3) is 0.304. The largest absolute Gasteiger partial charge is 0.359 e. The van der Waals surface area contributed by atoms with Crippen LogP contribution in [0.3, 0.4) is 0 Å². The van der Waals surface area contributed by atoms with Crippen LogP contribution in [-0.2, 0) is 16.1 Å². The summed E-state index contributed by atoms with van der Waals surface area (Å²) in [7, 11) is 0. The molecule has 0 bridgehead atoms. The fourth-order valence-corrected chi connectivity index (χ4v) is 3.21. The van der Waals surface area contributed by atoms with Gasteiger partial charge in [0.2, 0.25) is 5.91 Å². The van der Waals surface area contributed by atoms with Crippen molar-refractivity contribution in [1.29, 1.82) is 0 Å². The lowest BCUT2D eigenvalue weighted by molar-refractivity contribution is -0.127. The van der Waals surface area contributed by atoms with Crippen LogP contribution in [0, 0.1) is 13.8 Å². The summed E-state index contributed by atoms with van der Waals surface area (Å²) < 4.78 is 7.96. The number of nitrogens with zero attached hydrogens (tertiary/aromatic N) is 2. The maximum Gasteiger partial charge on any atom is 0.246 e. The molecule has 0 radical (unpaired) electrons. The molecule has 1 aromatic heterocycles. The summed E-state index contributed by atoms with van der Waals surface area (Å²) in [5.74, 6) is -0.106. The van der Waals surface area contributed by atoms with E-state index in [0.29, 0.717) is 6.54 Å². The number of nitrogens with one attached hydrogen (secondary N) is 1. The molecule has 2 aromatic carbocycles. The monoisotopic (exact) mass is 377 g/mol. The quantitative estimate of drug-likeness (QED) is 0.577. The van der Waals surface area contributed by atoms with Gasteiger partial charge < -0.3 is 10.1 Å². The second kappa shape index (κ2) is 9.85. The van der Waals surface area contributed by atoms with Gasteiger partial charge in [-0.05, 0) is 37.5 Å². The molecule has 5 heteroatoms. The molecule has 146 valence electrons. The van der Waals surface area contributed by atoms with Gasteiger partial charge in [0.1, 0.15) is 12.7 Å². The number of carbonyl (C=O) groups excluding carboxylic acids is 1. The van der Waals surface area contributed by atoms with Crippen LogP contribution in [0.2, 0.25) is 0 Å². The van der Waals surface area contributed by atoms with Gasteiger partial charge in [-0.2, -0.15) is 5.10 Å². The van der Waals surface area contributed by atoms with E-state index in [4.69, 9.17) is 4.74 Å². The second-order valence-electron chi connectivity index (χ2n) is 6.87. The van der Waals surface area contributed by atoms with Crippen molar-refractivity contribution in [2.75, 3.05) is 13.2 Å². The van der Waals surface area contributed by atoms with E-state index >= 15 is 0 Å². The van der Waals surface area contributed by atoms with Crippen LogP contribution in [-0.4, -0.2) is 28.8 Å². The minimum atomic E-state index is -0.261. The molecule has 0 aliphatic rings. The molecule has 0 saturated carbocycles. The topological polar surface area (TPSA) is 56.2 Å². The molecule has 28 heavy (non-hydrogen) atoms. The minimum Gasteiger partial charge on any atom is -0.359 e. The van der Waals surface area contributed by atoms with Crippen molar-refractivity contribution in [2.24, 2.45) is 0 Å². The Kier molecular flexibility index (Phi) is 6.98. The van der Waals surface area contributed by atoms with E-state index in [1.807, 2.05) is 79.2 Å². The van der Waals surface area contributed by atoms with Crippen molar-refractivity contribution in [3.05, 3.63) is 89.2 Å². The minimum absolute atomic E-state index is 0.0222. The third-order valence-corrected chi connectivity index (χ3v) is 4.56. The van der Waals surface area contributed by atoms with Gasteiger partial charge in [0.15, 0.2) is 0 Å². The molecule has 1 amide bonds. The summed E-state index contributed by atoms with van der Waals surface area (Å²) in [6.07, 6.45) is 0.567. The Morgan fingerprint density at radius 3 is 2.18 bits per heavy atom. The Hall–Kier alpha value is -2.92. The molecule has 0 aliphatic heterocycles. The van der Waals surface area contributed by atoms with E-state index in [1.54, 1.807) is 0 Å². The van der Waals surface area contributed by atoms with Crippen molar-refractivity contribution in [1.82, 2.24) is 15.1 Å². The van der Waals surface area contributed by atoms with Crippen LogP contribution in [0.1, 0.15) is 35.0 Å². The fourth-order valence-electron chi connectivity index (χ4n) is 3.21. The van der Waals surface area contributed by atoms with E-state index < -0.39 is 0 Å². The summed E-state index contributed by atoms with van der Waals surface area (Å²) in [4.78, 5) is 12.2. The second-order valence-corrected chi connectivity index (χ2v) is 6.87. The highest BCUT2D eigenvalue weighted by molar-refractivity contribution is 5.77. The zero-order valence-corrected chi connectivity index (χ0v) is 16.5. The van der Waals surface area contributed by atoms with Crippen LogP contribution >= 0.6 is 0 Å². The molecule has 3 rings (SSSR count). The van der Waals surface area contributed by atoms with E-state index in [0.717, 1.165) is 35.5 Å². The SMILES string of the molecule is Cc1cc(C)n(CCCNC(=O)COC(c2ccccc2)c2ccccc2)n1. The molecule has 1 N–H and O–H groups in total. The molecular weight excluding hydrogens is 350 g/mol. The van der Waals surface area contributed by atoms with Gasteiger partial charge >= 0.3 is 0 Å². The molecule has 0 atom stereocenters. The highest BCUT2D eigenvalue weighted by Gasteiger charge is 2.16. The predicted octanol–water partition coefficient (Wildman–Crippen LogP) is 3.81. The van der Waals surface area contributed by atoms with E-state index in [-0.39, 0.29) is 18.6 Å². The summed E-state index contributed by atoms with van der Waals surface area (Å²) in [5.41, 5.74) is 4.22. The van der Waals surface area contributed by atoms with Crippen LogP contribution in [0.15, 0.2) is 66.7 Å². The average molecular weight is 377 g/mol.